The largest absolute Gasteiger partial charge is 0.497 e. The molecule has 0 fully saturated rings. The van der Waals surface area contributed by atoms with Gasteiger partial charge >= 0.3 is 0 Å². The van der Waals surface area contributed by atoms with Crippen LogP contribution in [-0.4, -0.2) is 7.11 Å². The van der Waals surface area contributed by atoms with Crippen LogP contribution in [0.2, 0.25) is 0 Å². The second kappa shape index (κ2) is 6.47. The highest BCUT2D eigenvalue weighted by molar-refractivity contribution is 5.71. The lowest BCUT2D eigenvalue weighted by Gasteiger charge is -2.07. The zero-order valence-electron chi connectivity index (χ0n) is 11.7. The van der Waals surface area contributed by atoms with E-state index in [0.717, 1.165) is 12.2 Å². The van der Waals surface area contributed by atoms with E-state index in [1.165, 1.54) is 13.2 Å². The zero-order chi connectivity index (χ0) is 16.3. The van der Waals surface area contributed by atoms with E-state index >= 15 is 0 Å². The second-order valence-corrected chi connectivity index (χ2v) is 4.39. The summed E-state index contributed by atoms with van der Waals surface area (Å²) in [5.41, 5.74) is -1.01. The molecule has 0 amide bonds. The number of ether oxygens (including phenoxy) is 1. The van der Waals surface area contributed by atoms with Gasteiger partial charge in [0.15, 0.2) is 23.3 Å². The van der Waals surface area contributed by atoms with Crippen molar-refractivity contribution in [3.05, 3.63) is 70.8 Å². The summed E-state index contributed by atoms with van der Waals surface area (Å²) in [5, 5.41) is 0. The van der Waals surface area contributed by atoms with Gasteiger partial charge in [-0.15, -0.1) is 0 Å². The fourth-order valence-corrected chi connectivity index (χ4v) is 1.89. The van der Waals surface area contributed by atoms with Gasteiger partial charge < -0.3 is 4.74 Å². The Balaban J connectivity index is 2.44. The van der Waals surface area contributed by atoms with Crippen LogP contribution in [0.5, 0.6) is 5.75 Å². The number of methoxy groups -OCH3 is 1. The highest BCUT2D eigenvalue weighted by Gasteiger charge is 2.22. The third-order valence-corrected chi connectivity index (χ3v) is 3.09. The standard InChI is InChI=1S/C17H12F4O/c1-3-12-14(18)16(20)13(17(21)15(12)19)9-6-10-4-7-11(22-2)8-5-10/h3-9H,1H2,2H3. The van der Waals surface area contributed by atoms with Crippen molar-refractivity contribution in [2.24, 2.45) is 0 Å². The minimum atomic E-state index is -1.47. The van der Waals surface area contributed by atoms with E-state index in [2.05, 4.69) is 6.58 Å². The van der Waals surface area contributed by atoms with Crippen LogP contribution in [0, 0.1) is 23.3 Å². The van der Waals surface area contributed by atoms with Crippen molar-refractivity contribution in [3.8, 4) is 5.75 Å². The molecular formula is C17H12F4O. The molecule has 0 aromatic heterocycles. The molecule has 2 aromatic carbocycles. The Morgan fingerprint density at radius 1 is 0.818 bits per heavy atom. The first kappa shape index (κ1) is 15.8. The molecule has 0 N–H and O–H groups in total. The van der Waals surface area contributed by atoms with Gasteiger partial charge in [-0.05, 0) is 23.8 Å². The highest BCUT2D eigenvalue weighted by Crippen LogP contribution is 2.26. The van der Waals surface area contributed by atoms with Gasteiger partial charge in [-0.3, -0.25) is 0 Å². The molecule has 2 rings (SSSR count). The molecule has 0 saturated carbocycles. The Kier molecular flexibility index (Phi) is 4.65. The predicted octanol–water partition coefficient (Wildman–Crippen LogP) is 5.07. The molecule has 0 radical (unpaired) electrons. The predicted molar refractivity (Wildman–Crippen MR) is 78.3 cm³/mol. The van der Waals surface area contributed by atoms with Gasteiger partial charge in [0.05, 0.1) is 18.2 Å². The molecule has 22 heavy (non-hydrogen) atoms. The molecule has 0 heterocycles. The first-order valence-electron chi connectivity index (χ1n) is 6.30. The van der Waals surface area contributed by atoms with Crippen LogP contribution in [0.25, 0.3) is 18.2 Å². The maximum absolute atomic E-state index is 13.8. The summed E-state index contributed by atoms with van der Waals surface area (Å²) in [4.78, 5) is 0. The minimum absolute atomic E-state index is 0.591. The number of hydrogen-bond acceptors (Lipinski definition) is 1. The van der Waals surface area contributed by atoms with Crippen LogP contribution >= 0.6 is 0 Å². The number of halogens is 4. The van der Waals surface area contributed by atoms with Crippen LogP contribution in [0.4, 0.5) is 17.6 Å². The summed E-state index contributed by atoms with van der Waals surface area (Å²) < 4.78 is 59.8. The monoisotopic (exact) mass is 308 g/mol. The number of benzene rings is 2. The maximum atomic E-state index is 13.8. The number of rotatable bonds is 4. The van der Waals surface area contributed by atoms with Crippen LogP contribution in [0.15, 0.2) is 30.8 Å². The summed E-state index contributed by atoms with van der Waals surface area (Å²) in [6.07, 6.45) is 3.05. The van der Waals surface area contributed by atoms with Crippen molar-refractivity contribution < 1.29 is 22.3 Å². The third kappa shape index (κ3) is 2.88. The molecule has 5 heteroatoms. The van der Waals surface area contributed by atoms with Crippen molar-refractivity contribution in [2.45, 2.75) is 0 Å². The molecule has 2 aromatic rings. The van der Waals surface area contributed by atoms with Crippen molar-refractivity contribution in [1.82, 2.24) is 0 Å². The Bertz CT molecular complexity index is 704. The van der Waals surface area contributed by atoms with Crippen molar-refractivity contribution >= 4 is 18.2 Å². The van der Waals surface area contributed by atoms with Gasteiger partial charge in [0, 0.05) is 0 Å². The summed E-state index contributed by atoms with van der Waals surface area (Å²) in [6.45, 7) is 3.13. The van der Waals surface area contributed by atoms with Gasteiger partial charge in [0.1, 0.15) is 5.75 Å². The molecule has 0 unspecified atom stereocenters. The fraction of sp³-hybridized carbons (Fsp3) is 0.0588. The molecule has 0 atom stereocenters. The van der Waals surface area contributed by atoms with Gasteiger partial charge in [-0.1, -0.05) is 30.9 Å². The van der Waals surface area contributed by atoms with Gasteiger partial charge in [0.2, 0.25) is 0 Å². The third-order valence-electron chi connectivity index (χ3n) is 3.09. The Hall–Kier alpha value is -2.56. The van der Waals surface area contributed by atoms with Crippen molar-refractivity contribution in [2.75, 3.05) is 7.11 Å². The first-order chi connectivity index (χ1) is 10.5. The Morgan fingerprint density at radius 3 is 1.77 bits per heavy atom. The van der Waals surface area contributed by atoms with E-state index in [4.69, 9.17) is 4.74 Å². The van der Waals surface area contributed by atoms with E-state index in [0.29, 0.717) is 11.3 Å². The molecule has 0 aliphatic heterocycles. The normalized spacial score (nSPS) is 11.0. The van der Waals surface area contributed by atoms with Crippen LogP contribution in [0.3, 0.4) is 0 Å². The SMILES string of the molecule is C=Cc1c(F)c(F)c(C=Cc2ccc(OC)cc2)c(F)c1F. The lowest BCUT2D eigenvalue weighted by atomic mass is 10.1. The lowest BCUT2D eigenvalue weighted by Crippen LogP contribution is -2.02. The van der Waals surface area contributed by atoms with Crippen molar-refractivity contribution in [1.29, 1.82) is 0 Å². The van der Waals surface area contributed by atoms with E-state index in [1.54, 1.807) is 24.3 Å². The van der Waals surface area contributed by atoms with Gasteiger partial charge in [-0.2, -0.15) is 0 Å². The van der Waals surface area contributed by atoms with Crippen LogP contribution in [0.1, 0.15) is 16.7 Å². The highest BCUT2D eigenvalue weighted by atomic mass is 19.2. The number of hydrogen-bond donors (Lipinski definition) is 0. The first-order valence-corrected chi connectivity index (χ1v) is 6.30. The van der Waals surface area contributed by atoms with Crippen LogP contribution in [-0.2, 0) is 0 Å². The van der Waals surface area contributed by atoms with Gasteiger partial charge in [0.25, 0.3) is 0 Å². The summed E-state index contributed by atoms with van der Waals surface area (Å²) in [7, 11) is 1.50. The summed E-state index contributed by atoms with van der Waals surface area (Å²) in [6, 6.07) is 6.56. The lowest BCUT2D eigenvalue weighted by molar-refractivity contribution is 0.415. The molecule has 114 valence electrons. The van der Waals surface area contributed by atoms with E-state index in [1.807, 2.05) is 0 Å². The molecule has 0 saturated heterocycles. The van der Waals surface area contributed by atoms with E-state index < -0.39 is 34.4 Å². The fourth-order valence-electron chi connectivity index (χ4n) is 1.89. The average molecular weight is 308 g/mol. The molecule has 0 bridgehead atoms. The maximum Gasteiger partial charge on any atom is 0.169 e. The Morgan fingerprint density at radius 2 is 1.32 bits per heavy atom. The van der Waals surface area contributed by atoms with Gasteiger partial charge in [-0.25, -0.2) is 17.6 Å². The molecule has 1 nitrogen and oxygen atoms in total. The summed E-state index contributed by atoms with van der Waals surface area (Å²) in [5.74, 6) is -5.24. The molecule has 0 aliphatic rings. The summed E-state index contributed by atoms with van der Waals surface area (Å²) >= 11 is 0. The zero-order valence-corrected chi connectivity index (χ0v) is 11.7. The second-order valence-electron chi connectivity index (χ2n) is 4.39. The quantitative estimate of drug-likeness (QED) is 0.435. The molecule has 0 aliphatic carbocycles. The smallest absolute Gasteiger partial charge is 0.169 e. The molecular weight excluding hydrogens is 296 g/mol. The Labute approximate surface area is 125 Å². The minimum Gasteiger partial charge on any atom is -0.497 e. The molecule has 0 spiro atoms. The van der Waals surface area contributed by atoms with Crippen molar-refractivity contribution in [3.63, 3.8) is 0 Å². The topological polar surface area (TPSA) is 9.23 Å². The average Bonchev–Trinajstić information content (AvgIpc) is 2.54. The van der Waals surface area contributed by atoms with Crippen LogP contribution < -0.4 is 4.74 Å². The van der Waals surface area contributed by atoms with E-state index in [9.17, 15) is 17.6 Å². The van der Waals surface area contributed by atoms with E-state index in [-0.39, 0.29) is 0 Å².